The lowest BCUT2D eigenvalue weighted by Crippen LogP contribution is -2.22. The summed E-state index contributed by atoms with van der Waals surface area (Å²) in [6.45, 7) is 18.1. The Morgan fingerprint density at radius 1 is 0.760 bits per heavy atom. The van der Waals surface area contributed by atoms with Crippen molar-refractivity contribution in [2.75, 3.05) is 0 Å². The first-order valence-corrected chi connectivity index (χ1v) is 8.28. The average molecular weight is 348 g/mol. The Kier molecular flexibility index (Phi) is 15.1. The zero-order valence-corrected chi connectivity index (χ0v) is 15.2. The van der Waals surface area contributed by atoms with Crippen LogP contribution in [0.25, 0.3) is 0 Å². The highest BCUT2D eigenvalue weighted by atomic mass is 16.4. The van der Waals surface area contributed by atoms with E-state index < -0.39 is 11.9 Å². The molecule has 0 rings (SSSR count). The van der Waals surface area contributed by atoms with Gasteiger partial charge in [-0.3, -0.25) is 9.59 Å². The smallest absolute Gasteiger partial charge is 0.303 e. The van der Waals surface area contributed by atoms with Crippen molar-refractivity contribution in [2.45, 2.75) is 44.9 Å². The quantitative estimate of drug-likeness (QED) is 0.412. The van der Waals surface area contributed by atoms with E-state index in [2.05, 4.69) is 32.9 Å². The van der Waals surface area contributed by atoms with Gasteiger partial charge < -0.3 is 10.2 Å². The molecule has 0 radical (unpaired) electrons. The molecule has 0 spiro atoms. The molecule has 0 saturated heterocycles. The van der Waals surface area contributed by atoms with E-state index in [-0.39, 0.29) is 24.2 Å². The lowest BCUT2D eigenvalue weighted by molar-refractivity contribution is -0.140. The fourth-order valence-corrected chi connectivity index (χ4v) is 2.69. The number of rotatable bonds is 14. The van der Waals surface area contributed by atoms with Gasteiger partial charge in [0.1, 0.15) is 0 Å². The van der Waals surface area contributed by atoms with Crippen molar-refractivity contribution in [2.24, 2.45) is 11.3 Å². The molecule has 0 aliphatic carbocycles. The van der Waals surface area contributed by atoms with Crippen LogP contribution in [0.3, 0.4) is 0 Å². The lowest BCUT2D eigenvalue weighted by atomic mass is 9.75. The summed E-state index contributed by atoms with van der Waals surface area (Å²) in [4.78, 5) is 21.0. The second kappa shape index (κ2) is 15.2. The summed E-state index contributed by atoms with van der Waals surface area (Å²) in [6, 6.07) is 0. The molecular formula is C21H32O4. The maximum Gasteiger partial charge on any atom is 0.303 e. The van der Waals surface area contributed by atoms with Gasteiger partial charge in [-0.05, 0) is 43.4 Å². The minimum absolute atomic E-state index is 0.136. The summed E-state index contributed by atoms with van der Waals surface area (Å²) in [6.07, 6.45) is 12.6. The number of carboxylic acids is 2. The average Bonchev–Trinajstić information content (AvgIpc) is 2.48. The molecule has 0 atom stereocenters. The Hall–Kier alpha value is -2.36. The SMILES string of the molecule is C=CCC(CC=C)(CC=C)CC(=O)O.C=CCC(CC=C)CC(=O)O. The third-order valence-corrected chi connectivity index (χ3v) is 3.72. The fourth-order valence-electron chi connectivity index (χ4n) is 2.69. The second-order valence-corrected chi connectivity index (χ2v) is 6.06. The molecule has 2 N–H and O–H groups in total. The Bertz CT molecular complexity index is 426. The van der Waals surface area contributed by atoms with E-state index in [1.165, 1.54) is 0 Å². The largest absolute Gasteiger partial charge is 0.481 e. The van der Waals surface area contributed by atoms with E-state index in [1.807, 2.05) is 0 Å². The first-order chi connectivity index (χ1) is 11.8. The monoisotopic (exact) mass is 348 g/mol. The Labute approximate surface area is 152 Å². The number of carboxylic acid groups (broad SMARTS) is 2. The summed E-state index contributed by atoms with van der Waals surface area (Å²) in [7, 11) is 0. The van der Waals surface area contributed by atoms with Gasteiger partial charge in [0.15, 0.2) is 0 Å². The highest BCUT2D eigenvalue weighted by Gasteiger charge is 2.28. The van der Waals surface area contributed by atoms with Gasteiger partial charge in [0.05, 0.1) is 6.42 Å². The van der Waals surface area contributed by atoms with E-state index in [9.17, 15) is 9.59 Å². The predicted octanol–water partition coefficient (Wildman–Crippen LogP) is 5.41. The van der Waals surface area contributed by atoms with Crippen molar-refractivity contribution in [1.29, 1.82) is 0 Å². The van der Waals surface area contributed by atoms with Crippen molar-refractivity contribution < 1.29 is 19.8 Å². The molecule has 0 aromatic rings. The second-order valence-electron chi connectivity index (χ2n) is 6.06. The van der Waals surface area contributed by atoms with Crippen LogP contribution in [0.15, 0.2) is 63.3 Å². The third kappa shape index (κ3) is 13.7. The van der Waals surface area contributed by atoms with Crippen LogP contribution in [0.2, 0.25) is 0 Å². The zero-order valence-electron chi connectivity index (χ0n) is 15.2. The summed E-state index contributed by atoms with van der Waals surface area (Å²) in [5, 5.41) is 17.3. The van der Waals surface area contributed by atoms with Crippen LogP contribution in [0.4, 0.5) is 0 Å². The van der Waals surface area contributed by atoms with E-state index in [4.69, 9.17) is 10.2 Å². The Morgan fingerprint density at radius 2 is 1.16 bits per heavy atom. The van der Waals surface area contributed by atoms with Crippen LogP contribution in [-0.4, -0.2) is 22.2 Å². The number of aliphatic carboxylic acids is 2. The molecule has 0 heterocycles. The van der Waals surface area contributed by atoms with Gasteiger partial charge in [0.2, 0.25) is 0 Å². The number of hydrogen-bond acceptors (Lipinski definition) is 2. The molecule has 0 saturated carbocycles. The highest BCUT2D eigenvalue weighted by molar-refractivity contribution is 5.68. The maximum absolute atomic E-state index is 10.7. The molecule has 0 fully saturated rings. The molecule has 0 aromatic heterocycles. The summed E-state index contributed by atoms with van der Waals surface area (Å²) in [5.41, 5.74) is -0.281. The molecule has 0 aliphatic rings. The van der Waals surface area contributed by atoms with Crippen LogP contribution >= 0.6 is 0 Å². The van der Waals surface area contributed by atoms with E-state index >= 15 is 0 Å². The summed E-state index contributed by atoms with van der Waals surface area (Å²) >= 11 is 0. The number of hydrogen-bond donors (Lipinski definition) is 2. The number of allylic oxidation sites excluding steroid dienone is 5. The van der Waals surface area contributed by atoms with Crippen LogP contribution < -0.4 is 0 Å². The van der Waals surface area contributed by atoms with Crippen molar-refractivity contribution in [1.82, 2.24) is 0 Å². The molecule has 140 valence electrons. The first-order valence-electron chi connectivity index (χ1n) is 8.28. The normalized spacial score (nSPS) is 10.1. The van der Waals surface area contributed by atoms with Gasteiger partial charge >= 0.3 is 11.9 Å². The van der Waals surface area contributed by atoms with Gasteiger partial charge in [0.25, 0.3) is 0 Å². The van der Waals surface area contributed by atoms with Crippen LogP contribution in [-0.2, 0) is 9.59 Å². The minimum atomic E-state index is -0.782. The van der Waals surface area contributed by atoms with Gasteiger partial charge in [0, 0.05) is 6.42 Å². The Balaban J connectivity index is 0. The molecular weight excluding hydrogens is 316 g/mol. The van der Waals surface area contributed by atoms with Gasteiger partial charge in [-0.25, -0.2) is 0 Å². The van der Waals surface area contributed by atoms with Gasteiger partial charge in [-0.1, -0.05) is 30.4 Å². The molecule has 0 aromatic carbocycles. The van der Waals surface area contributed by atoms with Crippen LogP contribution in [0.1, 0.15) is 44.9 Å². The third-order valence-electron chi connectivity index (χ3n) is 3.72. The molecule has 25 heavy (non-hydrogen) atoms. The zero-order chi connectivity index (χ0) is 19.7. The molecule has 0 aliphatic heterocycles. The van der Waals surface area contributed by atoms with Gasteiger partial charge in [-0.15, -0.1) is 32.9 Å². The van der Waals surface area contributed by atoms with Crippen molar-refractivity contribution in [3.05, 3.63) is 63.3 Å². The molecule has 0 bridgehead atoms. The van der Waals surface area contributed by atoms with E-state index in [0.29, 0.717) is 19.3 Å². The first kappa shape index (κ1) is 24.9. The maximum atomic E-state index is 10.7. The lowest BCUT2D eigenvalue weighted by Gasteiger charge is -2.28. The van der Waals surface area contributed by atoms with Crippen molar-refractivity contribution in [3.63, 3.8) is 0 Å². The van der Waals surface area contributed by atoms with E-state index in [1.54, 1.807) is 30.4 Å². The van der Waals surface area contributed by atoms with Crippen LogP contribution in [0, 0.1) is 11.3 Å². The molecule has 0 unspecified atom stereocenters. The predicted molar refractivity (Wildman–Crippen MR) is 104 cm³/mol. The van der Waals surface area contributed by atoms with E-state index in [0.717, 1.165) is 12.8 Å². The minimum Gasteiger partial charge on any atom is -0.481 e. The summed E-state index contributed by atoms with van der Waals surface area (Å²) in [5.74, 6) is -1.36. The molecule has 4 heteroatoms. The highest BCUT2D eigenvalue weighted by Crippen LogP contribution is 2.36. The van der Waals surface area contributed by atoms with Crippen molar-refractivity contribution >= 4 is 11.9 Å². The Morgan fingerprint density at radius 3 is 1.40 bits per heavy atom. The van der Waals surface area contributed by atoms with Gasteiger partial charge in [-0.2, -0.15) is 0 Å². The summed E-state index contributed by atoms with van der Waals surface area (Å²) < 4.78 is 0. The number of carbonyl (C=O) groups is 2. The van der Waals surface area contributed by atoms with Crippen molar-refractivity contribution in [3.8, 4) is 0 Å². The molecule has 4 nitrogen and oxygen atoms in total. The standard InChI is InChI=1S/C12H18O2.C9H14O2/c1-4-7-12(8-5-2,9-6-3)10-11(13)14;1-3-5-8(6-4-2)7-9(10)11/h4-6H,1-3,7-10H2,(H,13,14);3-4,8H,1-2,5-7H2,(H,10,11). The topological polar surface area (TPSA) is 74.6 Å². The fraction of sp³-hybridized carbons (Fsp3) is 0.429. The van der Waals surface area contributed by atoms with Crippen LogP contribution in [0.5, 0.6) is 0 Å². The molecule has 0 amide bonds.